The number of benzene rings is 1. The molecule has 3 aromatic rings. The van der Waals surface area contributed by atoms with Crippen LogP contribution < -0.4 is 5.73 Å². The van der Waals surface area contributed by atoms with E-state index in [2.05, 4.69) is 59.6 Å². The van der Waals surface area contributed by atoms with E-state index in [1.807, 2.05) is 0 Å². The highest BCUT2D eigenvalue weighted by molar-refractivity contribution is 5.92. The number of hydrogen-bond donors (Lipinski definition) is 1. The second-order valence-corrected chi connectivity index (χ2v) is 5.02. The summed E-state index contributed by atoms with van der Waals surface area (Å²) in [6, 6.07) is 8.56. The van der Waals surface area contributed by atoms with E-state index in [-0.39, 0.29) is 0 Å². The fourth-order valence-electron chi connectivity index (χ4n) is 2.62. The third-order valence-corrected chi connectivity index (χ3v) is 3.92. The highest BCUT2D eigenvalue weighted by atomic mass is 15.1. The van der Waals surface area contributed by atoms with Gasteiger partial charge >= 0.3 is 0 Å². The van der Waals surface area contributed by atoms with Gasteiger partial charge in [0.05, 0.1) is 5.39 Å². The minimum atomic E-state index is 0.541. The summed E-state index contributed by atoms with van der Waals surface area (Å²) in [7, 11) is 0. The monoisotopic (exact) mass is 266 g/mol. The Bertz CT molecular complexity index is 769. The van der Waals surface area contributed by atoms with E-state index in [0.717, 1.165) is 34.4 Å². The van der Waals surface area contributed by atoms with Gasteiger partial charge in [-0.05, 0) is 43.5 Å². The van der Waals surface area contributed by atoms with Crippen LogP contribution in [0.2, 0.25) is 0 Å². The summed E-state index contributed by atoms with van der Waals surface area (Å²) in [5, 5.41) is 0.949. The summed E-state index contributed by atoms with van der Waals surface area (Å²) in [5.74, 6) is 0.541. The van der Waals surface area contributed by atoms with Crippen LogP contribution in [0, 0.1) is 13.8 Å². The van der Waals surface area contributed by atoms with Gasteiger partial charge in [-0.25, -0.2) is 9.97 Å². The zero-order chi connectivity index (χ0) is 14.3. The molecule has 1 aromatic carbocycles. The predicted molar refractivity (Wildman–Crippen MR) is 82.1 cm³/mol. The van der Waals surface area contributed by atoms with Gasteiger partial charge in [0.15, 0.2) is 5.65 Å². The SMILES string of the molecule is CCc1ccc(-n2c(C)c(C)c3c(N)ncnc32)cc1. The molecular weight excluding hydrogens is 248 g/mol. The van der Waals surface area contributed by atoms with Gasteiger partial charge in [-0.2, -0.15) is 0 Å². The molecule has 2 N–H and O–H groups in total. The number of aryl methyl sites for hydroxylation is 2. The largest absolute Gasteiger partial charge is 0.383 e. The molecule has 0 spiro atoms. The van der Waals surface area contributed by atoms with Crippen molar-refractivity contribution >= 4 is 16.9 Å². The summed E-state index contributed by atoms with van der Waals surface area (Å²) in [6.45, 7) is 6.31. The summed E-state index contributed by atoms with van der Waals surface area (Å²) in [5.41, 5.74) is 11.6. The fourth-order valence-corrected chi connectivity index (χ4v) is 2.62. The van der Waals surface area contributed by atoms with Crippen molar-refractivity contribution in [2.45, 2.75) is 27.2 Å². The predicted octanol–water partition coefficient (Wildman–Crippen LogP) is 3.18. The maximum atomic E-state index is 6.00. The van der Waals surface area contributed by atoms with Gasteiger partial charge in [-0.3, -0.25) is 4.57 Å². The van der Waals surface area contributed by atoms with Gasteiger partial charge in [0.1, 0.15) is 12.1 Å². The van der Waals surface area contributed by atoms with Gasteiger partial charge in [-0.1, -0.05) is 19.1 Å². The molecule has 0 unspecified atom stereocenters. The lowest BCUT2D eigenvalue weighted by Gasteiger charge is -2.08. The van der Waals surface area contributed by atoms with Crippen molar-refractivity contribution in [2.24, 2.45) is 0 Å². The Balaban J connectivity index is 2.30. The molecule has 0 atom stereocenters. The van der Waals surface area contributed by atoms with Crippen LogP contribution in [0.25, 0.3) is 16.7 Å². The van der Waals surface area contributed by atoms with Crippen LogP contribution in [0.1, 0.15) is 23.7 Å². The Morgan fingerprint density at radius 3 is 2.45 bits per heavy atom. The Morgan fingerprint density at radius 2 is 1.80 bits per heavy atom. The second kappa shape index (κ2) is 4.63. The van der Waals surface area contributed by atoms with E-state index in [0.29, 0.717) is 5.82 Å². The number of aromatic nitrogens is 3. The van der Waals surface area contributed by atoms with E-state index in [1.54, 1.807) is 0 Å². The molecule has 4 heteroatoms. The van der Waals surface area contributed by atoms with Crippen LogP contribution in [0.4, 0.5) is 5.82 Å². The number of nitrogens with two attached hydrogens (primary N) is 1. The van der Waals surface area contributed by atoms with Crippen LogP contribution >= 0.6 is 0 Å². The number of nitrogen functional groups attached to an aromatic ring is 1. The van der Waals surface area contributed by atoms with Crippen molar-refractivity contribution in [3.63, 3.8) is 0 Å². The maximum Gasteiger partial charge on any atom is 0.150 e. The molecule has 3 rings (SSSR count). The quantitative estimate of drug-likeness (QED) is 0.775. The van der Waals surface area contributed by atoms with Crippen molar-refractivity contribution in [3.05, 3.63) is 47.4 Å². The average molecular weight is 266 g/mol. The number of nitrogens with zero attached hydrogens (tertiary/aromatic N) is 3. The van der Waals surface area contributed by atoms with Gasteiger partial charge < -0.3 is 5.73 Å². The standard InChI is InChI=1S/C16H18N4/c1-4-12-5-7-13(8-6-12)20-11(3)10(2)14-15(17)18-9-19-16(14)20/h5-9H,4H2,1-3H3,(H2,17,18,19). The topological polar surface area (TPSA) is 56.7 Å². The first-order valence-electron chi connectivity index (χ1n) is 6.81. The number of anilines is 1. The molecule has 2 heterocycles. The minimum Gasteiger partial charge on any atom is -0.383 e. The van der Waals surface area contributed by atoms with Gasteiger partial charge in [0.2, 0.25) is 0 Å². The van der Waals surface area contributed by atoms with Crippen LogP contribution in [-0.2, 0) is 6.42 Å². The number of fused-ring (bicyclic) bond motifs is 1. The molecule has 0 aliphatic heterocycles. The third kappa shape index (κ3) is 1.76. The van der Waals surface area contributed by atoms with E-state index in [1.165, 1.54) is 11.9 Å². The third-order valence-electron chi connectivity index (χ3n) is 3.92. The first kappa shape index (κ1) is 12.7. The molecule has 0 fully saturated rings. The maximum absolute atomic E-state index is 6.00. The summed E-state index contributed by atoms with van der Waals surface area (Å²) in [4.78, 5) is 8.51. The van der Waals surface area contributed by atoms with Crippen LogP contribution in [0.5, 0.6) is 0 Å². The molecular formula is C16H18N4. The molecule has 0 bridgehead atoms. The average Bonchev–Trinajstić information content (AvgIpc) is 2.72. The lowest BCUT2D eigenvalue weighted by atomic mass is 10.1. The molecule has 0 saturated heterocycles. The van der Waals surface area contributed by atoms with Crippen molar-refractivity contribution in [1.29, 1.82) is 0 Å². The van der Waals surface area contributed by atoms with Gasteiger partial charge in [0, 0.05) is 11.4 Å². The molecule has 0 aliphatic carbocycles. The number of hydrogen-bond acceptors (Lipinski definition) is 3. The van der Waals surface area contributed by atoms with Crippen molar-refractivity contribution < 1.29 is 0 Å². The van der Waals surface area contributed by atoms with E-state index >= 15 is 0 Å². The highest BCUT2D eigenvalue weighted by Gasteiger charge is 2.15. The van der Waals surface area contributed by atoms with Crippen LogP contribution in [-0.4, -0.2) is 14.5 Å². The second-order valence-electron chi connectivity index (χ2n) is 5.02. The first-order valence-corrected chi connectivity index (χ1v) is 6.81. The van der Waals surface area contributed by atoms with Gasteiger partial charge in [0.25, 0.3) is 0 Å². The van der Waals surface area contributed by atoms with Crippen LogP contribution in [0.3, 0.4) is 0 Å². The first-order chi connectivity index (χ1) is 9.63. The molecule has 2 aromatic heterocycles. The molecule has 0 amide bonds. The van der Waals surface area contributed by atoms with Crippen LogP contribution in [0.15, 0.2) is 30.6 Å². The van der Waals surface area contributed by atoms with Crippen molar-refractivity contribution in [1.82, 2.24) is 14.5 Å². The zero-order valence-electron chi connectivity index (χ0n) is 12.0. The highest BCUT2D eigenvalue weighted by Crippen LogP contribution is 2.29. The lowest BCUT2D eigenvalue weighted by molar-refractivity contribution is 1.01. The Morgan fingerprint density at radius 1 is 1.10 bits per heavy atom. The van der Waals surface area contributed by atoms with E-state index in [4.69, 9.17) is 5.73 Å². The lowest BCUT2D eigenvalue weighted by Crippen LogP contribution is -1.99. The van der Waals surface area contributed by atoms with Gasteiger partial charge in [-0.15, -0.1) is 0 Å². The Hall–Kier alpha value is -2.36. The molecule has 0 saturated carbocycles. The summed E-state index contributed by atoms with van der Waals surface area (Å²) >= 11 is 0. The Kier molecular flexibility index (Phi) is 2.93. The zero-order valence-corrected chi connectivity index (χ0v) is 12.0. The minimum absolute atomic E-state index is 0.541. The Labute approximate surface area is 118 Å². The summed E-state index contributed by atoms with van der Waals surface area (Å²) in [6.07, 6.45) is 2.56. The fraction of sp³-hybridized carbons (Fsp3) is 0.250. The molecule has 0 radical (unpaired) electrons. The molecule has 4 nitrogen and oxygen atoms in total. The smallest absolute Gasteiger partial charge is 0.150 e. The number of rotatable bonds is 2. The van der Waals surface area contributed by atoms with Crippen molar-refractivity contribution in [2.75, 3.05) is 5.73 Å². The summed E-state index contributed by atoms with van der Waals surface area (Å²) < 4.78 is 2.14. The van der Waals surface area contributed by atoms with Crippen molar-refractivity contribution in [3.8, 4) is 5.69 Å². The normalized spacial score (nSPS) is 11.2. The van der Waals surface area contributed by atoms with E-state index in [9.17, 15) is 0 Å². The van der Waals surface area contributed by atoms with E-state index < -0.39 is 0 Å². The molecule has 20 heavy (non-hydrogen) atoms. The molecule has 0 aliphatic rings. The molecule has 102 valence electrons.